The van der Waals surface area contributed by atoms with Gasteiger partial charge in [-0.05, 0) is 0 Å². The second-order valence-electron chi connectivity index (χ2n) is 9.35. The fraction of sp³-hybridized carbons (Fsp3) is 0.143. The number of benzene rings is 4. The van der Waals surface area contributed by atoms with Gasteiger partial charge in [0.1, 0.15) is 0 Å². The molecule has 0 aromatic heterocycles. The third-order valence-corrected chi connectivity index (χ3v) is 19.6. The minimum absolute atomic E-state index is 1.41. The van der Waals surface area contributed by atoms with Gasteiger partial charge in [0.2, 0.25) is 0 Å². The molecule has 3 heterocycles. The highest BCUT2D eigenvalue weighted by Crippen LogP contribution is 2.44. The molecule has 4 aromatic carbocycles. The topological polar surface area (TPSA) is 0 Å². The number of hydrogen-bond acceptors (Lipinski definition) is 0. The summed E-state index contributed by atoms with van der Waals surface area (Å²) in [6, 6.07) is 43.0. The highest BCUT2D eigenvalue weighted by molar-refractivity contribution is 7.13. The summed E-state index contributed by atoms with van der Waals surface area (Å²) in [5.74, 6) is 0. The molecule has 4 aromatic rings. The van der Waals surface area contributed by atoms with Crippen molar-refractivity contribution in [2.75, 3.05) is 0 Å². The van der Waals surface area contributed by atoms with Gasteiger partial charge in [-0.2, -0.15) is 44.9 Å². The smallest absolute Gasteiger partial charge is 0.0518 e. The Bertz CT molecular complexity index is 1110. The summed E-state index contributed by atoms with van der Waals surface area (Å²) in [5, 5.41) is 6.87. The van der Waals surface area contributed by atoms with Crippen molar-refractivity contribution in [2.24, 2.45) is 0 Å². The first-order valence-corrected chi connectivity index (χ1v) is 16.1. The molecule has 0 atom stereocenters. The summed E-state index contributed by atoms with van der Waals surface area (Å²) in [6.45, 7) is 0. The number of hydrogen-bond donors (Lipinski definition) is 0. The molecule has 0 amide bonds. The fourth-order valence-electron chi connectivity index (χ4n) is 7.01. The molecule has 1 saturated heterocycles. The van der Waals surface area contributed by atoms with Crippen LogP contribution in [0.4, 0.5) is 0 Å². The standard InChI is InChI=1S/C28H24Si2/c1-5-13-25-21(9-1)22-10-2-6-14-26(22)29(25)17-19-30(20-18-29)27-15-7-3-11-23(27)24-12-4-8-16-28(24)30/h1-16H,17-20H2/q-2. The quantitative estimate of drug-likeness (QED) is 0.371. The molecule has 0 aliphatic carbocycles. The normalized spacial score (nSPS) is 18.7. The summed E-state index contributed by atoms with van der Waals surface area (Å²) >= 11 is 0. The van der Waals surface area contributed by atoms with Crippen LogP contribution in [0.25, 0.3) is 22.3 Å². The SMILES string of the molecule is c1ccc2c(c1)-c1ccccc1[Si-]21CC[Si-]2(CC1)c1ccccc1-c1ccccc12. The van der Waals surface area contributed by atoms with Crippen molar-refractivity contribution < 1.29 is 0 Å². The van der Waals surface area contributed by atoms with Crippen LogP contribution in [0.2, 0.25) is 24.2 Å². The van der Waals surface area contributed by atoms with Crippen molar-refractivity contribution in [3.05, 3.63) is 97.1 Å². The molecule has 0 unspecified atom stereocenters. The number of rotatable bonds is 0. The highest BCUT2D eigenvalue weighted by Gasteiger charge is 2.41. The zero-order valence-electron chi connectivity index (χ0n) is 17.1. The van der Waals surface area contributed by atoms with E-state index in [0.717, 1.165) is 0 Å². The lowest BCUT2D eigenvalue weighted by atomic mass is 10.1. The Balaban J connectivity index is 1.40. The van der Waals surface area contributed by atoms with Gasteiger partial charge in [0.05, 0.1) is 0 Å². The van der Waals surface area contributed by atoms with Crippen LogP contribution in [0.15, 0.2) is 97.1 Å². The van der Waals surface area contributed by atoms with Crippen LogP contribution < -0.4 is 20.7 Å². The third kappa shape index (κ3) is 1.96. The van der Waals surface area contributed by atoms with Gasteiger partial charge >= 0.3 is 0 Å². The van der Waals surface area contributed by atoms with Crippen LogP contribution >= 0.6 is 0 Å². The van der Waals surface area contributed by atoms with Gasteiger partial charge in [0.25, 0.3) is 0 Å². The van der Waals surface area contributed by atoms with Gasteiger partial charge in [-0.15, -0.1) is 0 Å². The lowest BCUT2D eigenvalue weighted by molar-refractivity contribution is 1.16. The molecule has 3 aliphatic heterocycles. The molecular weight excluding hydrogens is 392 g/mol. The van der Waals surface area contributed by atoms with E-state index in [1.165, 1.54) is 46.4 Å². The maximum atomic E-state index is 2.47. The largest absolute Gasteiger partial charge is 0.177 e. The van der Waals surface area contributed by atoms with E-state index in [1.54, 1.807) is 20.7 Å². The number of fused-ring (bicyclic) bond motifs is 10. The van der Waals surface area contributed by atoms with Crippen LogP contribution in [0.3, 0.4) is 0 Å². The van der Waals surface area contributed by atoms with Gasteiger partial charge in [0, 0.05) is 0 Å². The summed E-state index contributed by atoms with van der Waals surface area (Å²) in [6.07, 6.45) is 0. The lowest BCUT2D eigenvalue weighted by Crippen LogP contribution is -2.65. The van der Waals surface area contributed by atoms with Gasteiger partial charge in [-0.1, -0.05) is 135 Å². The van der Waals surface area contributed by atoms with Gasteiger partial charge in [-0.25, -0.2) is 0 Å². The van der Waals surface area contributed by atoms with E-state index in [2.05, 4.69) is 97.1 Å². The summed E-state index contributed by atoms with van der Waals surface area (Å²) < 4.78 is 0. The van der Waals surface area contributed by atoms with Crippen molar-refractivity contribution in [2.45, 2.75) is 24.2 Å². The van der Waals surface area contributed by atoms with Gasteiger partial charge in [-0.3, -0.25) is 0 Å². The molecule has 1 fully saturated rings. The van der Waals surface area contributed by atoms with E-state index < -0.39 is 16.1 Å². The summed E-state index contributed by atoms with van der Waals surface area (Å²) in [7, 11) is -3.32. The van der Waals surface area contributed by atoms with Crippen LogP contribution in [0, 0.1) is 0 Å². The molecule has 0 nitrogen and oxygen atoms in total. The molecule has 7 rings (SSSR count). The van der Waals surface area contributed by atoms with Crippen molar-refractivity contribution >= 4 is 36.9 Å². The molecule has 0 bridgehead atoms. The molecular formula is C28H24Si2-2. The fourth-order valence-corrected chi connectivity index (χ4v) is 21.7. The zero-order valence-corrected chi connectivity index (χ0v) is 19.1. The lowest BCUT2D eigenvalue weighted by Gasteiger charge is -2.58. The first kappa shape index (κ1) is 17.0. The van der Waals surface area contributed by atoms with Gasteiger partial charge in [0.15, 0.2) is 0 Å². The average molecular weight is 417 g/mol. The van der Waals surface area contributed by atoms with E-state index in [0.29, 0.717) is 0 Å². The Morgan fingerprint density at radius 3 is 0.833 bits per heavy atom. The van der Waals surface area contributed by atoms with Crippen LogP contribution in [-0.4, -0.2) is 16.1 Å². The van der Waals surface area contributed by atoms with E-state index in [1.807, 2.05) is 0 Å². The van der Waals surface area contributed by atoms with Crippen LogP contribution in [-0.2, 0) is 0 Å². The minimum Gasteiger partial charge on any atom is -0.177 e. The van der Waals surface area contributed by atoms with Crippen molar-refractivity contribution in [3.8, 4) is 22.3 Å². The highest BCUT2D eigenvalue weighted by atomic mass is 28.3. The summed E-state index contributed by atoms with van der Waals surface area (Å²) in [4.78, 5) is 0. The van der Waals surface area contributed by atoms with E-state index in [9.17, 15) is 0 Å². The van der Waals surface area contributed by atoms with Crippen molar-refractivity contribution in [1.29, 1.82) is 0 Å². The predicted molar refractivity (Wildman–Crippen MR) is 133 cm³/mol. The molecule has 2 heteroatoms. The Hall–Kier alpha value is -2.69. The minimum atomic E-state index is -1.66. The van der Waals surface area contributed by atoms with E-state index in [4.69, 9.17) is 0 Å². The van der Waals surface area contributed by atoms with Crippen LogP contribution in [0.1, 0.15) is 0 Å². The Labute approximate surface area is 180 Å². The predicted octanol–water partition coefficient (Wildman–Crippen LogP) is 4.49. The molecule has 3 aliphatic rings. The second kappa shape index (κ2) is 5.93. The second-order valence-corrected chi connectivity index (χ2v) is 17.8. The Morgan fingerprint density at radius 2 is 0.567 bits per heavy atom. The molecule has 2 spiro atoms. The van der Waals surface area contributed by atoms with Crippen molar-refractivity contribution in [1.82, 2.24) is 0 Å². The third-order valence-electron chi connectivity index (χ3n) is 8.31. The van der Waals surface area contributed by atoms with E-state index >= 15 is 0 Å². The maximum Gasteiger partial charge on any atom is -0.0518 e. The molecule has 0 saturated carbocycles. The monoisotopic (exact) mass is 416 g/mol. The zero-order chi connectivity index (χ0) is 19.8. The van der Waals surface area contributed by atoms with E-state index in [-0.39, 0.29) is 0 Å². The van der Waals surface area contributed by atoms with Crippen LogP contribution in [0.5, 0.6) is 0 Å². The summed E-state index contributed by atoms with van der Waals surface area (Å²) in [5.41, 5.74) is 6.13. The Morgan fingerprint density at radius 1 is 0.333 bits per heavy atom. The molecule has 0 radical (unpaired) electrons. The molecule has 0 N–H and O–H groups in total. The van der Waals surface area contributed by atoms with Crippen molar-refractivity contribution in [3.63, 3.8) is 0 Å². The molecule has 146 valence electrons. The van der Waals surface area contributed by atoms with Gasteiger partial charge < -0.3 is 0 Å². The first-order chi connectivity index (χ1) is 14.8. The first-order valence-electron chi connectivity index (χ1n) is 11.2. The maximum absolute atomic E-state index is 2.47. The molecule has 30 heavy (non-hydrogen) atoms. The average Bonchev–Trinajstić information content (AvgIpc) is 3.25. The Kier molecular flexibility index (Phi) is 3.37.